The topological polar surface area (TPSA) is 46.0 Å². The van der Waals surface area contributed by atoms with E-state index in [4.69, 9.17) is 4.42 Å². The van der Waals surface area contributed by atoms with Crippen molar-refractivity contribution in [1.29, 1.82) is 0 Å². The van der Waals surface area contributed by atoms with E-state index in [9.17, 15) is 9.18 Å². The Balaban J connectivity index is 2.20. The number of halogens is 2. The fourth-order valence-corrected chi connectivity index (χ4v) is 3.40. The number of fused-ring (bicyclic) bond motifs is 3. The van der Waals surface area contributed by atoms with Crippen molar-refractivity contribution < 1.29 is 8.81 Å². The fourth-order valence-electron chi connectivity index (χ4n) is 2.85. The van der Waals surface area contributed by atoms with Gasteiger partial charge in [0.2, 0.25) is 0 Å². The largest absolute Gasteiger partial charge is 0.454 e. The molecule has 23 heavy (non-hydrogen) atoms. The minimum atomic E-state index is -0.363. The Hall–Kier alpha value is -2.15. The highest BCUT2D eigenvalue weighted by Gasteiger charge is 2.18. The quantitative estimate of drug-likeness (QED) is 0.442. The molecule has 3 nitrogen and oxygen atoms in total. The lowest BCUT2D eigenvalue weighted by atomic mass is 10.0. The molecule has 0 saturated carbocycles. The van der Waals surface area contributed by atoms with Crippen molar-refractivity contribution >= 4 is 44.7 Å². The molecule has 1 N–H and O–H groups in total. The molecule has 0 bridgehead atoms. The van der Waals surface area contributed by atoms with Gasteiger partial charge in [-0.15, -0.1) is 0 Å². The van der Waals surface area contributed by atoms with Gasteiger partial charge >= 0.3 is 0 Å². The van der Waals surface area contributed by atoms with Gasteiger partial charge in [-0.3, -0.25) is 4.79 Å². The monoisotopic (exact) mass is 419 g/mol. The molecule has 4 rings (SSSR count). The number of hydrogen-bond donors (Lipinski definition) is 1. The summed E-state index contributed by atoms with van der Waals surface area (Å²) in [6, 6.07) is 12.2. The third-order valence-corrected chi connectivity index (χ3v) is 4.62. The van der Waals surface area contributed by atoms with E-state index >= 15 is 0 Å². The van der Waals surface area contributed by atoms with Crippen LogP contribution in [0, 0.1) is 16.3 Å². The number of pyridine rings is 1. The molecule has 0 aliphatic carbocycles. The summed E-state index contributed by atoms with van der Waals surface area (Å²) in [7, 11) is 0. The molecule has 0 fully saturated rings. The number of benzene rings is 2. The van der Waals surface area contributed by atoms with Crippen LogP contribution in [-0.2, 0) is 0 Å². The molecular formula is C18H11FINO2. The Labute approximate surface area is 144 Å². The second-order valence-electron chi connectivity index (χ2n) is 5.41. The molecule has 114 valence electrons. The molecule has 4 aromatic rings. The predicted octanol–water partition coefficient (Wildman–Crippen LogP) is 4.99. The molecule has 0 aliphatic heterocycles. The second-order valence-corrected chi connectivity index (χ2v) is 6.66. The minimum Gasteiger partial charge on any atom is -0.454 e. The molecule has 0 spiro atoms. The van der Waals surface area contributed by atoms with Crippen molar-refractivity contribution in [2.24, 2.45) is 0 Å². The summed E-state index contributed by atoms with van der Waals surface area (Å²) in [5.74, 6) is -0.363. The zero-order valence-corrected chi connectivity index (χ0v) is 14.3. The van der Waals surface area contributed by atoms with E-state index in [1.54, 1.807) is 13.0 Å². The van der Waals surface area contributed by atoms with Gasteiger partial charge in [0.15, 0.2) is 5.58 Å². The van der Waals surface area contributed by atoms with Crippen molar-refractivity contribution in [3.63, 3.8) is 0 Å². The lowest BCUT2D eigenvalue weighted by Gasteiger charge is -2.06. The number of nitrogens with one attached hydrogen (secondary N) is 1. The van der Waals surface area contributed by atoms with Crippen LogP contribution in [-0.4, -0.2) is 4.98 Å². The highest BCUT2D eigenvalue weighted by Crippen LogP contribution is 2.35. The summed E-state index contributed by atoms with van der Waals surface area (Å²) in [5, 5.41) is 0.573. The van der Waals surface area contributed by atoms with Crippen LogP contribution in [0.2, 0.25) is 0 Å². The standard InChI is InChI=1S/C18H11FINO2/c1-9-15(10-3-2-4-12(20)7-10)17-16(21-18(9)22)13-8-11(19)5-6-14(13)23-17/h2-8H,1H3,(H,21,22). The highest BCUT2D eigenvalue weighted by atomic mass is 127. The molecule has 0 radical (unpaired) electrons. The van der Waals surface area contributed by atoms with Crippen LogP contribution >= 0.6 is 22.6 Å². The summed E-state index contributed by atoms with van der Waals surface area (Å²) in [4.78, 5) is 15.2. The Morgan fingerprint density at radius 3 is 2.78 bits per heavy atom. The number of hydrogen-bond acceptors (Lipinski definition) is 2. The van der Waals surface area contributed by atoms with Gasteiger partial charge in [-0.25, -0.2) is 4.39 Å². The zero-order valence-electron chi connectivity index (χ0n) is 12.1. The SMILES string of the molecule is Cc1c(-c2cccc(I)c2)c2oc3ccc(F)cc3c2[nH]c1=O. The van der Waals surface area contributed by atoms with Gasteiger partial charge in [0.05, 0.1) is 5.52 Å². The van der Waals surface area contributed by atoms with E-state index in [0.717, 1.165) is 14.7 Å². The molecule has 5 heteroatoms. The first-order chi connectivity index (χ1) is 11.0. The Morgan fingerprint density at radius 1 is 1.17 bits per heavy atom. The minimum absolute atomic E-state index is 0.196. The number of aromatic nitrogens is 1. The van der Waals surface area contributed by atoms with Gasteiger partial charge in [-0.2, -0.15) is 0 Å². The first kappa shape index (κ1) is 14.4. The van der Waals surface area contributed by atoms with Crippen molar-refractivity contribution in [3.8, 4) is 11.1 Å². The van der Waals surface area contributed by atoms with Crippen molar-refractivity contribution in [1.82, 2.24) is 4.98 Å². The lowest BCUT2D eigenvalue weighted by Crippen LogP contribution is -2.10. The average molecular weight is 419 g/mol. The van der Waals surface area contributed by atoms with Gasteiger partial charge in [0, 0.05) is 20.1 Å². The maximum Gasteiger partial charge on any atom is 0.252 e. The van der Waals surface area contributed by atoms with Crippen molar-refractivity contribution in [2.75, 3.05) is 0 Å². The number of aromatic amines is 1. The summed E-state index contributed by atoms with van der Waals surface area (Å²) >= 11 is 2.23. The predicted molar refractivity (Wildman–Crippen MR) is 97.2 cm³/mol. The van der Waals surface area contributed by atoms with Gasteiger partial charge in [0.25, 0.3) is 5.56 Å². The first-order valence-corrected chi connectivity index (χ1v) is 8.13. The van der Waals surface area contributed by atoms with Crippen LogP contribution in [0.25, 0.3) is 33.2 Å². The summed E-state index contributed by atoms with van der Waals surface area (Å²) in [6.45, 7) is 1.77. The van der Waals surface area contributed by atoms with Crippen molar-refractivity contribution in [3.05, 3.63) is 67.8 Å². The molecule has 0 amide bonds. The number of rotatable bonds is 1. The normalized spacial score (nSPS) is 11.4. The van der Waals surface area contributed by atoms with Gasteiger partial charge in [0.1, 0.15) is 11.4 Å². The van der Waals surface area contributed by atoms with Crippen LogP contribution in [0.4, 0.5) is 4.39 Å². The Morgan fingerprint density at radius 2 is 2.00 bits per heavy atom. The average Bonchev–Trinajstić information content (AvgIpc) is 2.86. The van der Waals surface area contributed by atoms with Crippen LogP contribution in [0.5, 0.6) is 0 Å². The van der Waals surface area contributed by atoms with Crippen LogP contribution in [0.1, 0.15) is 5.56 Å². The fraction of sp³-hybridized carbons (Fsp3) is 0.0556. The second kappa shape index (κ2) is 5.19. The maximum atomic E-state index is 13.6. The number of furan rings is 1. The summed E-state index contributed by atoms with van der Waals surface area (Å²) in [5.41, 5.74) is 3.70. The molecule has 0 saturated heterocycles. The lowest BCUT2D eigenvalue weighted by molar-refractivity contribution is 0.626. The molecule has 0 aliphatic rings. The third kappa shape index (κ3) is 2.26. The van der Waals surface area contributed by atoms with E-state index in [-0.39, 0.29) is 11.4 Å². The third-order valence-electron chi connectivity index (χ3n) is 3.94. The zero-order chi connectivity index (χ0) is 16.1. The van der Waals surface area contributed by atoms with Crippen molar-refractivity contribution in [2.45, 2.75) is 6.92 Å². The van der Waals surface area contributed by atoms with E-state index in [0.29, 0.717) is 27.6 Å². The van der Waals surface area contributed by atoms with E-state index in [2.05, 4.69) is 27.6 Å². The summed E-state index contributed by atoms with van der Waals surface area (Å²) in [6.07, 6.45) is 0. The van der Waals surface area contributed by atoms with Crippen LogP contribution in [0.3, 0.4) is 0 Å². The molecule has 0 unspecified atom stereocenters. The first-order valence-electron chi connectivity index (χ1n) is 7.05. The maximum absolute atomic E-state index is 13.6. The highest BCUT2D eigenvalue weighted by molar-refractivity contribution is 14.1. The summed E-state index contributed by atoms with van der Waals surface area (Å²) < 4.78 is 20.6. The van der Waals surface area contributed by atoms with E-state index < -0.39 is 0 Å². The van der Waals surface area contributed by atoms with E-state index in [1.807, 2.05) is 24.3 Å². The van der Waals surface area contributed by atoms with Crippen LogP contribution in [0.15, 0.2) is 51.7 Å². The molecule has 2 aromatic heterocycles. The van der Waals surface area contributed by atoms with Gasteiger partial charge in [-0.05, 0) is 65.4 Å². The smallest absolute Gasteiger partial charge is 0.252 e. The molecular weight excluding hydrogens is 408 g/mol. The molecule has 0 atom stereocenters. The Bertz CT molecular complexity index is 1130. The van der Waals surface area contributed by atoms with Crippen LogP contribution < -0.4 is 5.56 Å². The number of H-pyrrole nitrogens is 1. The molecule has 2 aromatic carbocycles. The van der Waals surface area contributed by atoms with Gasteiger partial charge in [-0.1, -0.05) is 12.1 Å². The molecule has 2 heterocycles. The van der Waals surface area contributed by atoms with E-state index in [1.165, 1.54) is 12.1 Å². The van der Waals surface area contributed by atoms with Gasteiger partial charge < -0.3 is 9.40 Å². The Kier molecular flexibility index (Phi) is 3.26.